The summed E-state index contributed by atoms with van der Waals surface area (Å²) in [5.74, 6) is 0. The van der Waals surface area contributed by atoms with Crippen molar-refractivity contribution in [1.29, 1.82) is 0 Å². The second-order valence-corrected chi connectivity index (χ2v) is 7.31. The van der Waals surface area contributed by atoms with Crippen LogP contribution in [0.2, 0.25) is 0 Å². The topological polar surface area (TPSA) is 0 Å². The summed E-state index contributed by atoms with van der Waals surface area (Å²) >= 11 is 5.03. The van der Waals surface area contributed by atoms with E-state index >= 15 is 0 Å². The SMILES string of the molecule is CCCCCCCCCC1(S)CCCCCCC1. The van der Waals surface area contributed by atoms with Gasteiger partial charge >= 0.3 is 0 Å². The van der Waals surface area contributed by atoms with E-state index < -0.39 is 0 Å². The van der Waals surface area contributed by atoms with Crippen molar-refractivity contribution in [3.8, 4) is 0 Å². The Morgan fingerprint density at radius 3 is 1.83 bits per heavy atom. The number of hydrogen-bond donors (Lipinski definition) is 1. The molecule has 0 aromatic heterocycles. The van der Waals surface area contributed by atoms with Crippen LogP contribution in [0.5, 0.6) is 0 Å². The Kier molecular flexibility index (Phi) is 9.27. The Bertz CT molecular complexity index is 180. The van der Waals surface area contributed by atoms with Crippen LogP contribution in [0.15, 0.2) is 0 Å². The summed E-state index contributed by atoms with van der Waals surface area (Å²) in [6.07, 6.45) is 21.3. The molecule has 0 atom stereocenters. The van der Waals surface area contributed by atoms with Crippen LogP contribution in [-0.2, 0) is 0 Å². The molecule has 0 N–H and O–H groups in total. The average Bonchev–Trinajstić information content (AvgIpc) is 2.34. The lowest BCUT2D eigenvalue weighted by Crippen LogP contribution is -2.22. The molecule has 1 saturated carbocycles. The van der Waals surface area contributed by atoms with Gasteiger partial charge in [0.2, 0.25) is 0 Å². The molecule has 0 nitrogen and oxygen atoms in total. The standard InChI is InChI=1S/C17H34S/c1-2-3-4-5-6-8-11-14-17(18)15-12-9-7-10-13-16-17/h18H,2-16H2,1H3. The highest BCUT2D eigenvalue weighted by Crippen LogP contribution is 2.36. The molecule has 0 bridgehead atoms. The van der Waals surface area contributed by atoms with Crippen LogP contribution in [0.25, 0.3) is 0 Å². The summed E-state index contributed by atoms with van der Waals surface area (Å²) in [5.41, 5.74) is 0. The van der Waals surface area contributed by atoms with Crippen LogP contribution < -0.4 is 0 Å². The van der Waals surface area contributed by atoms with Crippen LogP contribution in [-0.4, -0.2) is 4.75 Å². The second-order valence-electron chi connectivity index (χ2n) is 6.36. The maximum atomic E-state index is 5.03. The zero-order chi connectivity index (χ0) is 13.1. The average molecular weight is 271 g/mol. The molecule has 18 heavy (non-hydrogen) atoms. The van der Waals surface area contributed by atoms with Gasteiger partial charge in [-0.15, -0.1) is 0 Å². The van der Waals surface area contributed by atoms with Crippen molar-refractivity contribution in [3.63, 3.8) is 0 Å². The molecule has 1 heteroatoms. The Balaban J connectivity index is 2.04. The fourth-order valence-corrected chi connectivity index (χ4v) is 3.70. The molecule has 108 valence electrons. The summed E-state index contributed by atoms with van der Waals surface area (Å²) in [6.45, 7) is 2.29. The van der Waals surface area contributed by atoms with E-state index in [9.17, 15) is 0 Å². The lowest BCUT2D eigenvalue weighted by molar-refractivity contribution is 0.384. The first-order chi connectivity index (χ1) is 8.77. The molecule has 0 aromatic rings. The Labute approximate surface area is 121 Å². The van der Waals surface area contributed by atoms with Gasteiger partial charge in [0.1, 0.15) is 0 Å². The molecular weight excluding hydrogens is 236 g/mol. The Hall–Kier alpha value is 0.350. The number of rotatable bonds is 8. The maximum Gasteiger partial charge on any atom is 0.0130 e. The monoisotopic (exact) mass is 270 g/mol. The van der Waals surface area contributed by atoms with E-state index in [0.29, 0.717) is 4.75 Å². The molecule has 0 spiro atoms. The van der Waals surface area contributed by atoms with E-state index in [1.54, 1.807) is 0 Å². The minimum Gasteiger partial charge on any atom is -0.173 e. The summed E-state index contributed by atoms with van der Waals surface area (Å²) in [6, 6.07) is 0. The van der Waals surface area contributed by atoms with Crippen molar-refractivity contribution in [1.82, 2.24) is 0 Å². The highest BCUT2D eigenvalue weighted by atomic mass is 32.1. The molecule has 0 aliphatic heterocycles. The van der Waals surface area contributed by atoms with Gasteiger partial charge in [-0.3, -0.25) is 0 Å². The quantitative estimate of drug-likeness (QED) is 0.376. The van der Waals surface area contributed by atoms with Crippen molar-refractivity contribution >= 4 is 12.6 Å². The summed E-state index contributed by atoms with van der Waals surface area (Å²) < 4.78 is 0.393. The van der Waals surface area contributed by atoms with Crippen molar-refractivity contribution < 1.29 is 0 Å². The van der Waals surface area contributed by atoms with E-state index in [-0.39, 0.29) is 0 Å². The third-order valence-corrected chi connectivity index (χ3v) is 5.20. The summed E-state index contributed by atoms with van der Waals surface area (Å²) in [4.78, 5) is 0. The Morgan fingerprint density at radius 2 is 1.22 bits per heavy atom. The van der Waals surface area contributed by atoms with Crippen LogP contribution in [0.3, 0.4) is 0 Å². The molecule has 1 rings (SSSR count). The van der Waals surface area contributed by atoms with Gasteiger partial charge in [-0.1, -0.05) is 84.0 Å². The lowest BCUT2D eigenvalue weighted by atomic mass is 9.86. The van der Waals surface area contributed by atoms with Gasteiger partial charge in [-0.05, 0) is 19.3 Å². The van der Waals surface area contributed by atoms with Gasteiger partial charge in [0, 0.05) is 4.75 Å². The highest BCUT2D eigenvalue weighted by Gasteiger charge is 2.24. The van der Waals surface area contributed by atoms with Crippen LogP contribution in [0.1, 0.15) is 103 Å². The van der Waals surface area contributed by atoms with Gasteiger partial charge in [-0.25, -0.2) is 0 Å². The molecule has 0 amide bonds. The molecular formula is C17H34S. The first-order valence-corrected chi connectivity index (χ1v) is 8.94. The van der Waals surface area contributed by atoms with Crippen molar-refractivity contribution in [2.24, 2.45) is 0 Å². The minimum atomic E-state index is 0.393. The van der Waals surface area contributed by atoms with Gasteiger partial charge in [0.15, 0.2) is 0 Å². The molecule has 1 aliphatic rings. The van der Waals surface area contributed by atoms with Crippen LogP contribution in [0.4, 0.5) is 0 Å². The zero-order valence-corrected chi connectivity index (χ0v) is 13.4. The smallest absolute Gasteiger partial charge is 0.0130 e. The fraction of sp³-hybridized carbons (Fsp3) is 1.00. The van der Waals surface area contributed by atoms with Gasteiger partial charge < -0.3 is 0 Å². The molecule has 0 radical (unpaired) electrons. The minimum absolute atomic E-state index is 0.393. The van der Waals surface area contributed by atoms with E-state index in [0.717, 1.165) is 0 Å². The normalized spacial score (nSPS) is 20.3. The largest absolute Gasteiger partial charge is 0.173 e. The zero-order valence-electron chi connectivity index (χ0n) is 12.6. The lowest BCUT2D eigenvalue weighted by Gasteiger charge is -2.30. The van der Waals surface area contributed by atoms with E-state index in [2.05, 4.69) is 6.92 Å². The van der Waals surface area contributed by atoms with Crippen molar-refractivity contribution in [2.45, 2.75) is 108 Å². The van der Waals surface area contributed by atoms with E-state index in [1.807, 2.05) is 0 Å². The van der Waals surface area contributed by atoms with E-state index in [1.165, 1.54) is 96.3 Å². The van der Waals surface area contributed by atoms with Crippen LogP contribution in [0, 0.1) is 0 Å². The number of hydrogen-bond acceptors (Lipinski definition) is 1. The van der Waals surface area contributed by atoms with Crippen LogP contribution >= 0.6 is 12.6 Å². The van der Waals surface area contributed by atoms with Crippen molar-refractivity contribution in [3.05, 3.63) is 0 Å². The predicted molar refractivity (Wildman–Crippen MR) is 86.6 cm³/mol. The number of unbranched alkanes of at least 4 members (excludes halogenated alkanes) is 6. The molecule has 1 fully saturated rings. The first kappa shape index (κ1) is 16.4. The summed E-state index contributed by atoms with van der Waals surface area (Å²) in [7, 11) is 0. The molecule has 1 aliphatic carbocycles. The first-order valence-electron chi connectivity index (χ1n) is 8.49. The third kappa shape index (κ3) is 7.71. The molecule has 0 heterocycles. The van der Waals surface area contributed by atoms with Gasteiger partial charge in [0.05, 0.1) is 0 Å². The Morgan fingerprint density at radius 1 is 0.722 bits per heavy atom. The number of thiol groups is 1. The highest BCUT2D eigenvalue weighted by molar-refractivity contribution is 7.81. The van der Waals surface area contributed by atoms with Gasteiger partial charge in [-0.2, -0.15) is 12.6 Å². The van der Waals surface area contributed by atoms with Gasteiger partial charge in [0.25, 0.3) is 0 Å². The molecule has 0 aromatic carbocycles. The van der Waals surface area contributed by atoms with Crippen molar-refractivity contribution in [2.75, 3.05) is 0 Å². The fourth-order valence-electron chi connectivity index (χ4n) is 3.22. The summed E-state index contributed by atoms with van der Waals surface area (Å²) in [5, 5.41) is 0. The molecule has 0 saturated heterocycles. The third-order valence-electron chi connectivity index (χ3n) is 4.53. The molecule has 0 unspecified atom stereocenters. The predicted octanol–water partition coefficient (Wildman–Crippen LogP) is 6.54. The second kappa shape index (κ2) is 10.2. The van der Waals surface area contributed by atoms with E-state index in [4.69, 9.17) is 12.6 Å². The maximum absolute atomic E-state index is 5.03.